The van der Waals surface area contributed by atoms with Crippen molar-refractivity contribution < 1.29 is 23.5 Å². The van der Waals surface area contributed by atoms with Gasteiger partial charge < -0.3 is 26.0 Å². The summed E-state index contributed by atoms with van der Waals surface area (Å²) in [6.07, 6.45) is -1.22. The summed E-state index contributed by atoms with van der Waals surface area (Å²) >= 11 is 0. The van der Waals surface area contributed by atoms with Crippen molar-refractivity contribution in [3.8, 4) is 5.75 Å². The fourth-order valence-corrected chi connectivity index (χ4v) is 4.17. The van der Waals surface area contributed by atoms with Gasteiger partial charge in [0.05, 0.1) is 7.11 Å². The van der Waals surface area contributed by atoms with Crippen molar-refractivity contribution in [3.05, 3.63) is 95.3 Å². The zero-order chi connectivity index (χ0) is 26.4. The maximum atomic E-state index is 13.6. The van der Waals surface area contributed by atoms with Gasteiger partial charge in [-0.2, -0.15) is 0 Å². The summed E-state index contributed by atoms with van der Waals surface area (Å²) < 4.78 is 18.9. The van der Waals surface area contributed by atoms with Crippen molar-refractivity contribution in [2.24, 2.45) is 5.73 Å². The molecule has 1 atom stereocenters. The number of halogens is 1. The van der Waals surface area contributed by atoms with Crippen LogP contribution in [0.1, 0.15) is 21.5 Å². The molecule has 0 radical (unpaired) electrons. The summed E-state index contributed by atoms with van der Waals surface area (Å²) in [5.74, 6) is -0.971. The number of nitrogens with one attached hydrogen (secondary N) is 2. The first-order valence-electron chi connectivity index (χ1n) is 11.7. The number of carbonyl (C=O) groups excluding carboxylic acids is 3. The van der Waals surface area contributed by atoms with Gasteiger partial charge in [0.1, 0.15) is 11.6 Å². The minimum absolute atomic E-state index is 0.109. The van der Waals surface area contributed by atoms with Gasteiger partial charge in [-0.3, -0.25) is 14.5 Å². The van der Waals surface area contributed by atoms with Crippen LogP contribution in [0.15, 0.2) is 72.8 Å². The van der Waals surface area contributed by atoms with Crippen molar-refractivity contribution in [3.63, 3.8) is 0 Å². The van der Waals surface area contributed by atoms with E-state index in [-0.39, 0.29) is 25.3 Å². The number of hydrogen-bond acceptors (Lipinski definition) is 5. The van der Waals surface area contributed by atoms with Crippen LogP contribution >= 0.6 is 0 Å². The predicted molar refractivity (Wildman–Crippen MR) is 136 cm³/mol. The fraction of sp³-hybridized carbons (Fsp3) is 0.222. The normalized spacial score (nSPS) is 14.8. The van der Waals surface area contributed by atoms with Crippen LogP contribution in [-0.4, -0.2) is 54.0 Å². The molecule has 3 aromatic carbocycles. The highest BCUT2D eigenvalue weighted by atomic mass is 19.1. The van der Waals surface area contributed by atoms with Gasteiger partial charge in [0.15, 0.2) is 6.17 Å². The molecule has 1 fully saturated rings. The van der Waals surface area contributed by atoms with Crippen LogP contribution in [0.5, 0.6) is 5.75 Å². The van der Waals surface area contributed by atoms with Crippen LogP contribution in [0, 0.1) is 5.82 Å². The second-order valence-corrected chi connectivity index (χ2v) is 8.48. The van der Waals surface area contributed by atoms with Gasteiger partial charge in [-0.15, -0.1) is 0 Å². The third-order valence-corrected chi connectivity index (χ3v) is 6.01. The van der Waals surface area contributed by atoms with E-state index in [2.05, 4.69) is 10.6 Å². The zero-order valence-electron chi connectivity index (χ0n) is 20.3. The first-order valence-corrected chi connectivity index (χ1v) is 11.7. The molecule has 0 aliphatic carbocycles. The summed E-state index contributed by atoms with van der Waals surface area (Å²) in [4.78, 5) is 42.6. The largest absolute Gasteiger partial charge is 0.497 e. The molecule has 192 valence electrons. The standard InChI is InChI=1S/C27H28FN5O4/c1-37-23-10-3-7-20(14-23)26(35)32-11-12-33(27(36)31-22-9-4-8-21(28)15-22)25(32)24(34)30-17-19-6-2-5-18(13-19)16-29/h2-10,13-15,25H,11-12,16-17,29H2,1H3,(H,30,34)(H,31,36). The number of carbonyl (C=O) groups is 3. The van der Waals surface area contributed by atoms with Crippen LogP contribution < -0.4 is 21.1 Å². The van der Waals surface area contributed by atoms with E-state index in [1.807, 2.05) is 24.3 Å². The van der Waals surface area contributed by atoms with Gasteiger partial charge >= 0.3 is 6.03 Å². The Kier molecular flexibility index (Phi) is 7.99. The Labute approximate surface area is 214 Å². The molecule has 1 aliphatic heterocycles. The lowest BCUT2D eigenvalue weighted by atomic mass is 10.1. The predicted octanol–water partition coefficient (Wildman–Crippen LogP) is 2.93. The maximum absolute atomic E-state index is 13.6. The summed E-state index contributed by atoms with van der Waals surface area (Å²) in [5.41, 5.74) is 8.01. The number of rotatable bonds is 7. The third kappa shape index (κ3) is 6.04. The van der Waals surface area contributed by atoms with E-state index in [9.17, 15) is 18.8 Å². The lowest BCUT2D eigenvalue weighted by Gasteiger charge is -2.29. The quantitative estimate of drug-likeness (QED) is 0.457. The minimum Gasteiger partial charge on any atom is -0.497 e. The second kappa shape index (κ2) is 11.5. The molecule has 1 heterocycles. The molecule has 0 saturated carbocycles. The molecule has 1 aliphatic rings. The van der Waals surface area contributed by atoms with Crippen LogP contribution in [0.25, 0.3) is 0 Å². The number of ether oxygens (including phenoxy) is 1. The van der Waals surface area contributed by atoms with E-state index in [0.29, 0.717) is 17.9 Å². The van der Waals surface area contributed by atoms with Gasteiger partial charge in [-0.25, -0.2) is 9.18 Å². The monoisotopic (exact) mass is 505 g/mol. The van der Waals surface area contributed by atoms with Crippen LogP contribution in [0.2, 0.25) is 0 Å². The molecule has 0 aromatic heterocycles. The topological polar surface area (TPSA) is 117 Å². The molecule has 9 nitrogen and oxygen atoms in total. The maximum Gasteiger partial charge on any atom is 0.323 e. The highest BCUT2D eigenvalue weighted by molar-refractivity contribution is 6.00. The molecule has 37 heavy (non-hydrogen) atoms. The Morgan fingerprint density at radius 1 is 0.973 bits per heavy atom. The second-order valence-electron chi connectivity index (χ2n) is 8.48. The van der Waals surface area contributed by atoms with Crippen LogP contribution in [0.3, 0.4) is 0 Å². The van der Waals surface area contributed by atoms with Crippen LogP contribution in [-0.2, 0) is 17.9 Å². The Hall–Kier alpha value is -4.44. The number of nitrogens with two attached hydrogens (primary N) is 1. The Morgan fingerprint density at radius 2 is 1.70 bits per heavy atom. The molecule has 1 unspecified atom stereocenters. The van der Waals surface area contributed by atoms with Crippen LogP contribution in [0.4, 0.5) is 14.9 Å². The molecule has 4 N–H and O–H groups in total. The highest BCUT2D eigenvalue weighted by Gasteiger charge is 2.43. The molecule has 4 amide bonds. The lowest BCUT2D eigenvalue weighted by Crippen LogP contribution is -2.54. The molecular formula is C27H28FN5O4. The van der Waals surface area contributed by atoms with E-state index in [4.69, 9.17) is 10.5 Å². The fourth-order valence-electron chi connectivity index (χ4n) is 4.17. The number of nitrogens with zero attached hydrogens (tertiary/aromatic N) is 2. The minimum atomic E-state index is -1.22. The van der Waals surface area contributed by atoms with Crippen molar-refractivity contribution in [1.29, 1.82) is 0 Å². The van der Waals surface area contributed by atoms with E-state index < -0.39 is 29.8 Å². The average molecular weight is 506 g/mol. The number of hydrogen-bond donors (Lipinski definition) is 3. The Bertz CT molecular complexity index is 1300. The summed E-state index contributed by atoms with van der Waals surface area (Å²) in [5, 5.41) is 5.44. The molecular weight excluding hydrogens is 477 g/mol. The van der Waals surface area contributed by atoms with E-state index in [0.717, 1.165) is 11.1 Å². The van der Waals surface area contributed by atoms with Gasteiger partial charge in [-0.05, 0) is 47.5 Å². The lowest BCUT2D eigenvalue weighted by molar-refractivity contribution is -0.128. The summed E-state index contributed by atoms with van der Waals surface area (Å²) in [7, 11) is 1.49. The molecule has 4 rings (SSSR count). The molecule has 1 saturated heterocycles. The van der Waals surface area contributed by atoms with E-state index >= 15 is 0 Å². The zero-order valence-corrected chi connectivity index (χ0v) is 20.3. The number of methoxy groups -OCH3 is 1. The Balaban J connectivity index is 1.57. The number of anilines is 1. The van der Waals surface area contributed by atoms with E-state index in [1.54, 1.807) is 24.3 Å². The van der Waals surface area contributed by atoms with Crippen molar-refractivity contribution in [2.75, 3.05) is 25.5 Å². The average Bonchev–Trinajstić information content (AvgIpc) is 3.37. The highest BCUT2D eigenvalue weighted by Crippen LogP contribution is 2.22. The smallest absolute Gasteiger partial charge is 0.323 e. The molecule has 3 aromatic rings. The van der Waals surface area contributed by atoms with Crippen molar-refractivity contribution in [1.82, 2.24) is 15.1 Å². The first-order chi connectivity index (χ1) is 17.9. The molecule has 0 spiro atoms. The van der Waals surface area contributed by atoms with Gasteiger partial charge in [-0.1, -0.05) is 36.4 Å². The number of benzene rings is 3. The Morgan fingerprint density at radius 3 is 2.46 bits per heavy atom. The first kappa shape index (κ1) is 25.6. The SMILES string of the molecule is COc1cccc(C(=O)N2CCN(C(=O)Nc3cccc(F)c3)C2C(=O)NCc2cccc(CN)c2)c1. The van der Waals surface area contributed by atoms with Crippen molar-refractivity contribution >= 4 is 23.5 Å². The molecule has 10 heteroatoms. The van der Waals surface area contributed by atoms with Gasteiger partial charge in [0, 0.05) is 37.4 Å². The number of urea groups is 1. The van der Waals surface area contributed by atoms with Gasteiger partial charge in [0.2, 0.25) is 0 Å². The third-order valence-electron chi connectivity index (χ3n) is 6.01. The summed E-state index contributed by atoms with van der Waals surface area (Å²) in [6, 6.07) is 18.8. The van der Waals surface area contributed by atoms with Crippen molar-refractivity contribution in [2.45, 2.75) is 19.3 Å². The molecule has 0 bridgehead atoms. The number of amides is 4. The summed E-state index contributed by atoms with van der Waals surface area (Å²) in [6.45, 7) is 0.788. The van der Waals surface area contributed by atoms with Gasteiger partial charge in [0.25, 0.3) is 11.8 Å². The van der Waals surface area contributed by atoms with E-state index in [1.165, 1.54) is 41.2 Å².